The van der Waals surface area contributed by atoms with Gasteiger partial charge in [-0.05, 0) is 79.7 Å². The van der Waals surface area contributed by atoms with Gasteiger partial charge in [-0.15, -0.1) is 0 Å². The first-order valence-corrected chi connectivity index (χ1v) is 13.8. The molecule has 1 saturated heterocycles. The Bertz CT molecular complexity index is 1450. The van der Waals surface area contributed by atoms with Gasteiger partial charge in [0.05, 0.1) is 21.6 Å². The molecular weight excluding hydrogens is 545 g/mol. The zero-order chi connectivity index (χ0) is 29.7. The van der Waals surface area contributed by atoms with E-state index in [0.717, 1.165) is 6.07 Å². The molecule has 4 rings (SSSR count). The number of carbonyl (C=O) groups is 2. The van der Waals surface area contributed by atoms with Gasteiger partial charge in [-0.1, -0.05) is 11.6 Å². The maximum atomic E-state index is 15.6. The molecule has 1 aliphatic carbocycles. The van der Waals surface area contributed by atoms with Gasteiger partial charge in [-0.25, -0.2) is 24.2 Å². The lowest BCUT2D eigenvalue weighted by Gasteiger charge is -2.26. The number of amides is 2. The second-order valence-corrected chi connectivity index (χ2v) is 12.9. The lowest BCUT2D eigenvalue weighted by Crippen LogP contribution is -2.48. The van der Waals surface area contributed by atoms with Crippen molar-refractivity contribution >= 4 is 40.4 Å². The van der Waals surface area contributed by atoms with Crippen LogP contribution in [-0.2, 0) is 9.47 Å². The number of hydrogen-bond acceptors (Lipinski definition) is 7. The summed E-state index contributed by atoms with van der Waals surface area (Å²) >= 11 is 6.79. The predicted octanol–water partition coefficient (Wildman–Crippen LogP) is 4.51. The van der Waals surface area contributed by atoms with Gasteiger partial charge in [0.2, 0.25) is 0 Å². The Morgan fingerprint density at radius 2 is 1.65 bits per heavy atom. The van der Waals surface area contributed by atoms with Crippen LogP contribution in [0.4, 0.5) is 19.7 Å². The Kier molecular flexibility index (Phi) is 7.87. The average molecular weight is 582 g/mol. The number of nitrogens with zero attached hydrogens (tertiary/aromatic N) is 3. The molecule has 1 saturated carbocycles. The Morgan fingerprint density at radius 3 is 2.23 bits per heavy atom. The number of benzene rings is 1. The van der Waals surface area contributed by atoms with E-state index in [9.17, 15) is 19.2 Å². The molecule has 1 unspecified atom stereocenters. The number of nitrogens with one attached hydrogen (secondary N) is 2. The third-order valence-corrected chi connectivity index (χ3v) is 7.10. The molecule has 13 heteroatoms. The summed E-state index contributed by atoms with van der Waals surface area (Å²) in [5, 5.41) is 2.66. The van der Waals surface area contributed by atoms with Gasteiger partial charge in [0.15, 0.2) is 0 Å². The second kappa shape index (κ2) is 10.6. The molecule has 1 aromatic heterocycles. The Morgan fingerprint density at radius 1 is 1.05 bits per heavy atom. The molecule has 0 bridgehead atoms. The minimum absolute atomic E-state index is 0.0182. The molecule has 0 spiro atoms. The Hall–Kier alpha value is -3.28. The van der Waals surface area contributed by atoms with Crippen LogP contribution in [0.5, 0.6) is 0 Å². The highest BCUT2D eigenvalue weighted by atomic mass is 35.5. The molecule has 220 valence electrons. The van der Waals surface area contributed by atoms with Crippen molar-refractivity contribution in [2.75, 3.05) is 23.4 Å². The molecule has 2 aromatic rings. The highest BCUT2D eigenvalue weighted by molar-refractivity contribution is 6.38. The normalized spacial score (nSPS) is 18.5. The maximum Gasteiger partial charge on any atom is 0.427 e. The van der Waals surface area contributed by atoms with Crippen LogP contribution in [-0.4, -0.2) is 51.8 Å². The van der Waals surface area contributed by atoms with E-state index in [1.54, 1.807) is 46.4 Å². The van der Waals surface area contributed by atoms with Gasteiger partial charge in [-0.2, -0.15) is 4.68 Å². The van der Waals surface area contributed by atoms with Crippen LogP contribution in [0.15, 0.2) is 15.7 Å². The van der Waals surface area contributed by atoms with Crippen LogP contribution < -0.4 is 26.9 Å². The Labute approximate surface area is 236 Å². The van der Waals surface area contributed by atoms with Crippen molar-refractivity contribution in [3.8, 4) is 0 Å². The molecule has 1 aliphatic heterocycles. The van der Waals surface area contributed by atoms with Crippen molar-refractivity contribution in [1.82, 2.24) is 14.6 Å². The molecule has 2 fully saturated rings. The monoisotopic (exact) mass is 581 g/mol. The molecule has 1 aromatic carbocycles. The van der Waals surface area contributed by atoms with Crippen LogP contribution in [0.2, 0.25) is 5.02 Å². The highest BCUT2D eigenvalue weighted by Crippen LogP contribution is 2.42. The van der Waals surface area contributed by atoms with E-state index in [0.29, 0.717) is 37.0 Å². The van der Waals surface area contributed by atoms with E-state index < -0.39 is 40.5 Å². The van der Waals surface area contributed by atoms with Crippen LogP contribution >= 0.6 is 11.6 Å². The number of aromatic nitrogens is 2. The molecular formula is C27H37ClFN5O6. The van der Waals surface area contributed by atoms with Crippen molar-refractivity contribution in [3.63, 3.8) is 0 Å². The lowest BCUT2D eigenvalue weighted by atomic mass is 10.0. The minimum Gasteiger partial charge on any atom is -0.444 e. The third-order valence-electron chi connectivity index (χ3n) is 6.75. The number of halogens is 2. The quantitative estimate of drug-likeness (QED) is 0.532. The summed E-state index contributed by atoms with van der Waals surface area (Å²) in [5.41, 5.74) is -0.789. The topological polar surface area (TPSA) is 124 Å². The SMILES string of the molecule is C[C@H](NC(=O)OC(C)(C)C)C1CCN(c2c(F)cc3c(=O)n(NC(=O)OC(C)(C)C)c(=O)n(C4CC4)c3c2Cl)C1. The summed E-state index contributed by atoms with van der Waals surface area (Å²) in [6, 6.07) is 0.556. The molecule has 2 heterocycles. The van der Waals surface area contributed by atoms with E-state index in [-0.39, 0.29) is 39.6 Å². The van der Waals surface area contributed by atoms with E-state index >= 15 is 4.39 Å². The summed E-state index contributed by atoms with van der Waals surface area (Å²) in [6.45, 7) is 13.0. The number of anilines is 1. The fourth-order valence-electron chi connectivity index (χ4n) is 4.87. The van der Waals surface area contributed by atoms with Gasteiger partial charge in [0, 0.05) is 25.2 Å². The number of ether oxygens (including phenoxy) is 2. The van der Waals surface area contributed by atoms with Crippen LogP contribution in [0.1, 0.15) is 73.8 Å². The average Bonchev–Trinajstić information content (AvgIpc) is 3.51. The zero-order valence-electron chi connectivity index (χ0n) is 23.9. The van der Waals surface area contributed by atoms with Gasteiger partial charge < -0.3 is 19.7 Å². The third kappa shape index (κ3) is 6.37. The predicted molar refractivity (Wildman–Crippen MR) is 150 cm³/mol. The zero-order valence-corrected chi connectivity index (χ0v) is 24.6. The van der Waals surface area contributed by atoms with E-state index in [2.05, 4.69) is 10.7 Å². The first-order valence-electron chi connectivity index (χ1n) is 13.4. The second-order valence-electron chi connectivity index (χ2n) is 12.5. The summed E-state index contributed by atoms with van der Waals surface area (Å²) < 4.78 is 28.1. The fraction of sp³-hybridized carbons (Fsp3) is 0.630. The van der Waals surface area contributed by atoms with Crippen LogP contribution in [0.25, 0.3) is 10.9 Å². The smallest absolute Gasteiger partial charge is 0.427 e. The molecule has 2 N–H and O–H groups in total. The number of rotatable bonds is 5. The standard InChI is InChI=1S/C27H37ClFN5O6/c1-14(30-23(36)39-26(2,3)4)15-10-11-32(13-15)21-18(29)12-17-20(19(21)28)33(16-8-9-16)25(38)34(22(17)35)31-24(37)40-27(5,6)7/h12,14-16H,8-11,13H2,1-7H3,(H,30,36)(H,31,37)/t14-,15?/m0/s1. The van der Waals surface area contributed by atoms with E-state index in [4.69, 9.17) is 21.1 Å². The number of alkyl carbamates (subject to hydrolysis) is 1. The summed E-state index contributed by atoms with van der Waals surface area (Å²) in [5.74, 6) is -0.747. The van der Waals surface area contributed by atoms with Gasteiger partial charge in [0.1, 0.15) is 17.0 Å². The first kappa shape index (κ1) is 29.7. The molecule has 0 radical (unpaired) electrons. The first-order chi connectivity index (χ1) is 18.5. The molecule has 2 atom stereocenters. The van der Waals surface area contributed by atoms with Gasteiger partial charge >= 0.3 is 17.9 Å². The van der Waals surface area contributed by atoms with Gasteiger partial charge in [0.25, 0.3) is 5.56 Å². The van der Waals surface area contributed by atoms with E-state index in [1.165, 1.54) is 4.57 Å². The molecule has 2 amide bonds. The lowest BCUT2D eigenvalue weighted by molar-refractivity contribution is 0.0493. The maximum absolute atomic E-state index is 15.6. The van der Waals surface area contributed by atoms with Crippen molar-refractivity contribution in [3.05, 3.63) is 37.7 Å². The molecule has 40 heavy (non-hydrogen) atoms. The van der Waals surface area contributed by atoms with E-state index in [1.807, 2.05) is 6.92 Å². The minimum atomic E-state index is -0.992. The number of carbonyl (C=O) groups excluding carboxylic acids is 2. The summed E-state index contributed by atoms with van der Waals surface area (Å²) in [4.78, 5) is 53.1. The largest absolute Gasteiger partial charge is 0.444 e. The number of hydrogen-bond donors (Lipinski definition) is 2. The fourth-order valence-corrected chi connectivity index (χ4v) is 5.27. The highest BCUT2D eigenvalue weighted by Gasteiger charge is 2.35. The number of fused-ring (bicyclic) bond motifs is 1. The van der Waals surface area contributed by atoms with Crippen molar-refractivity contribution in [1.29, 1.82) is 0 Å². The van der Waals surface area contributed by atoms with Crippen molar-refractivity contribution in [2.45, 2.75) is 91.0 Å². The van der Waals surface area contributed by atoms with Gasteiger partial charge in [-0.3, -0.25) is 9.36 Å². The summed E-state index contributed by atoms with van der Waals surface area (Å²) in [7, 11) is 0. The van der Waals surface area contributed by atoms with Crippen molar-refractivity contribution in [2.24, 2.45) is 5.92 Å². The van der Waals surface area contributed by atoms with Crippen molar-refractivity contribution < 1.29 is 23.5 Å². The molecule has 2 aliphatic rings. The Balaban J connectivity index is 1.68. The van der Waals surface area contributed by atoms with Crippen LogP contribution in [0.3, 0.4) is 0 Å². The van der Waals surface area contributed by atoms with Crippen LogP contribution in [0, 0.1) is 11.7 Å². The molecule has 11 nitrogen and oxygen atoms in total. The summed E-state index contributed by atoms with van der Waals surface area (Å²) in [6.07, 6.45) is 0.471.